The Kier molecular flexibility index (Phi) is 2.90. The molecule has 0 saturated heterocycles. The zero-order valence-corrected chi connectivity index (χ0v) is 8.78. The Labute approximate surface area is 92.2 Å². The first-order valence-electron chi connectivity index (χ1n) is 4.92. The molecule has 1 heterocycles. The summed E-state index contributed by atoms with van der Waals surface area (Å²) >= 11 is 0. The van der Waals surface area contributed by atoms with Crippen LogP contribution < -0.4 is 0 Å². The van der Waals surface area contributed by atoms with Crippen molar-refractivity contribution >= 4 is 5.84 Å². The first kappa shape index (κ1) is 10.3. The van der Waals surface area contributed by atoms with Crippen molar-refractivity contribution in [1.29, 1.82) is 0 Å². The Morgan fingerprint density at radius 2 is 2.12 bits per heavy atom. The summed E-state index contributed by atoms with van der Waals surface area (Å²) in [7, 11) is 0. The minimum absolute atomic E-state index is 0.322. The molecule has 6 heteroatoms. The molecule has 0 fully saturated rings. The quantitative estimate of drug-likeness (QED) is 0.351. The number of tetrazole rings is 1. The van der Waals surface area contributed by atoms with Crippen LogP contribution in [0.2, 0.25) is 0 Å². The molecule has 16 heavy (non-hydrogen) atoms. The van der Waals surface area contributed by atoms with Crippen LogP contribution in [0.3, 0.4) is 0 Å². The molecule has 1 aromatic heterocycles. The van der Waals surface area contributed by atoms with E-state index in [2.05, 4.69) is 20.7 Å². The zero-order chi connectivity index (χ0) is 11.4. The van der Waals surface area contributed by atoms with Gasteiger partial charge in [-0.1, -0.05) is 42.4 Å². The van der Waals surface area contributed by atoms with Gasteiger partial charge in [0.25, 0.3) is 0 Å². The van der Waals surface area contributed by atoms with Gasteiger partial charge in [-0.2, -0.15) is 4.68 Å². The molecule has 0 spiro atoms. The second-order valence-electron chi connectivity index (χ2n) is 3.15. The fraction of sp³-hybridized carbons (Fsp3) is 0.200. The van der Waals surface area contributed by atoms with Gasteiger partial charge in [0.05, 0.1) is 0 Å². The third-order valence-electron chi connectivity index (χ3n) is 2.18. The first-order chi connectivity index (χ1) is 7.86. The van der Waals surface area contributed by atoms with Gasteiger partial charge >= 0.3 is 0 Å². The van der Waals surface area contributed by atoms with Crippen molar-refractivity contribution in [3.8, 4) is 0 Å². The SMILES string of the molecule is CCc1nnnn1C(=NO)c1ccccc1. The van der Waals surface area contributed by atoms with Gasteiger partial charge in [0.1, 0.15) is 0 Å². The van der Waals surface area contributed by atoms with E-state index in [-0.39, 0.29) is 0 Å². The minimum atomic E-state index is 0.322. The second kappa shape index (κ2) is 4.52. The molecule has 2 aromatic rings. The Morgan fingerprint density at radius 1 is 1.38 bits per heavy atom. The lowest BCUT2D eigenvalue weighted by atomic mass is 10.2. The van der Waals surface area contributed by atoms with Gasteiger partial charge in [-0.05, 0) is 10.4 Å². The summed E-state index contributed by atoms with van der Waals surface area (Å²) < 4.78 is 1.43. The smallest absolute Gasteiger partial charge is 0.203 e. The third kappa shape index (κ3) is 1.77. The molecule has 0 aliphatic rings. The van der Waals surface area contributed by atoms with Crippen molar-refractivity contribution in [3.05, 3.63) is 41.7 Å². The molecular weight excluding hydrogens is 206 g/mol. The van der Waals surface area contributed by atoms with E-state index < -0.39 is 0 Å². The standard InChI is InChI=1S/C10H11N5O/c1-2-9-11-13-14-15(9)10(12-16)8-6-4-3-5-7-8/h3-7,16H,2H2,1H3. The largest absolute Gasteiger partial charge is 0.409 e. The Bertz CT molecular complexity index is 491. The minimum Gasteiger partial charge on any atom is -0.409 e. The van der Waals surface area contributed by atoms with Gasteiger partial charge in [-0.3, -0.25) is 0 Å². The lowest BCUT2D eigenvalue weighted by molar-refractivity contribution is 0.316. The maximum atomic E-state index is 9.04. The van der Waals surface area contributed by atoms with E-state index in [1.807, 2.05) is 37.3 Å². The van der Waals surface area contributed by atoms with Crippen LogP contribution in [0.15, 0.2) is 35.5 Å². The number of nitrogens with zero attached hydrogens (tertiary/aromatic N) is 5. The molecule has 0 bridgehead atoms. The molecule has 2 rings (SSSR count). The van der Waals surface area contributed by atoms with Crippen LogP contribution in [0, 0.1) is 0 Å². The molecule has 0 unspecified atom stereocenters. The maximum Gasteiger partial charge on any atom is 0.203 e. The zero-order valence-electron chi connectivity index (χ0n) is 8.78. The lowest BCUT2D eigenvalue weighted by Crippen LogP contribution is -2.18. The number of oxime groups is 1. The van der Waals surface area contributed by atoms with Gasteiger partial charge in [0.2, 0.25) is 5.84 Å². The van der Waals surface area contributed by atoms with E-state index in [4.69, 9.17) is 5.21 Å². The number of aromatic nitrogens is 4. The Morgan fingerprint density at radius 3 is 2.75 bits per heavy atom. The van der Waals surface area contributed by atoms with Gasteiger partial charge < -0.3 is 5.21 Å². The molecule has 0 aliphatic heterocycles. The first-order valence-corrected chi connectivity index (χ1v) is 4.92. The molecule has 6 nitrogen and oxygen atoms in total. The van der Waals surface area contributed by atoms with Crippen LogP contribution in [-0.4, -0.2) is 31.3 Å². The fourth-order valence-corrected chi connectivity index (χ4v) is 1.40. The summed E-state index contributed by atoms with van der Waals surface area (Å²) in [5.41, 5.74) is 0.756. The van der Waals surface area contributed by atoms with Crippen LogP contribution >= 0.6 is 0 Å². The second-order valence-corrected chi connectivity index (χ2v) is 3.15. The van der Waals surface area contributed by atoms with Crippen molar-refractivity contribution in [3.63, 3.8) is 0 Å². The summed E-state index contributed by atoms with van der Waals surface area (Å²) in [6.45, 7) is 1.93. The van der Waals surface area contributed by atoms with Crippen LogP contribution in [0.5, 0.6) is 0 Å². The number of rotatable bonds is 2. The van der Waals surface area contributed by atoms with E-state index in [9.17, 15) is 0 Å². The lowest BCUT2D eigenvalue weighted by Gasteiger charge is -2.04. The summed E-state index contributed by atoms with van der Waals surface area (Å²) in [4.78, 5) is 0. The molecule has 0 radical (unpaired) electrons. The van der Waals surface area contributed by atoms with E-state index in [1.54, 1.807) is 0 Å². The summed E-state index contributed by atoms with van der Waals surface area (Å²) in [6.07, 6.45) is 0.666. The predicted octanol–water partition coefficient (Wildman–Crippen LogP) is 0.920. The number of aryl methyl sites for hydroxylation is 1. The Hall–Kier alpha value is -2.24. The Balaban J connectivity index is 2.46. The number of hydrogen-bond donors (Lipinski definition) is 1. The summed E-state index contributed by atoms with van der Waals surface area (Å²) in [5, 5.41) is 23.5. The van der Waals surface area contributed by atoms with Gasteiger partial charge in [0.15, 0.2) is 5.82 Å². The highest BCUT2D eigenvalue weighted by atomic mass is 16.4. The van der Waals surface area contributed by atoms with Crippen LogP contribution in [0.1, 0.15) is 18.3 Å². The van der Waals surface area contributed by atoms with E-state index >= 15 is 0 Å². The van der Waals surface area contributed by atoms with Crippen molar-refractivity contribution in [1.82, 2.24) is 20.2 Å². The van der Waals surface area contributed by atoms with Crippen molar-refractivity contribution < 1.29 is 5.21 Å². The molecule has 0 amide bonds. The monoisotopic (exact) mass is 217 g/mol. The average molecular weight is 217 g/mol. The molecule has 82 valence electrons. The highest BCUT2D eigenvalue weighted by Gasteiger charge is 2.12. The molecule has 0 saturated carbocycles. The van der Waals surface area contributed by atoms with E-state index in [0.717, 1.165) is 5.56 Å². The maximum absolute atomic E-state index is 9.04. The van der Waals surface area contributed by atoms with Crippen molar-refractivity contribution in [2.75, 3.05) is 0 Å². The highest BCUT2D eigenvalue weighted by molar-refractivity contribution is 5.99. The van der Waals surface area contributed by atoms with Crippen LogP contribution in [0.4, 0.5) is 0 Å². The van der Waals surface area contributed by atoms with Crippen molar-refractivity contribution in [2.45, 2.75) is 13.3 Å². The van der Waals surface area contributed by atoms with Gasteiger partial charge in [-0.25, -0.2) is 0 Å². The number of benzene rings is 1. The molecule has 1 N–H and O–H groups in total. The summed E-state index contributed by atoms with van der Waals surface area (Å²) in [5.74, 6) is 0.971. The molecular formula is C10H11N5O. The van der Waals surface area contributed by atoms with Crippen LogP contribution in [-0.2, 0) is 6.42 Å². The molecule has 1 aromatic carbocycles. The third-order valence-corrected chi connectivity index (χ3v) is 2.18. The van der Waals surface area contributed by atoms with E-state index in [0.29, 0.717) is 18.1 Å². The normalized spacial score (nSPS) is 11.7. The average Bonchev–Trinajstić information content (AvgIpc) is 2.80. The van der Waals surface area contributed by atoms with Crippen LogP contribution in [0.25, 0.3) is 0 Å². The fourth-order valence-electron chi connectivity index (χ4n) is 1.40. The van der Waals surface area contributed by atoms with Crippen molar-refractivity contribution in [2.24, 2.45) is 5.16 Å². The van der Waals surface area contributed by atoms with E-state index in [1.165, 1.54) is 4.68 Å². The summed E-state index contributed by atoms with van der Waals surface area (Å²) in [6, 6.07) is 9.26. The predicted molar refractivity (Wildman–Crippen MR) is 57.4 cm³/mol. The van der Waals surface area contributed by atoms with Gasteiger partial charge in [0, 0.05) is 12.0 Å². The highest BCUT2D eigenvalue weighted by Crippen LogP contribution is 2.04. The number of hydrogen-bond acceptors (Lipinski definition) is 5. The topological polar surface area (TPSA) is 76.2 Å². The molecule has 0 atom stereocenters. The molecule has 0 aliphatic carbocycles. The van der Waals surface area contributed by atoms with Gasteiger partial charge in [-0.15, -0.1) is 5.10 Å².